The lowest BCUT2D eigenvalue weighted by molar-refractivity contribution is -0.137. The molecule has 0 atom stereocenters. The molecule has 1 aromatic carbocycles. The maximum absolute atomic E-state index is 13.1. The first-order chi connectivity index (χ1) is 12.5. The molecule has 0 bridgehead atoms. The van der Waals surface area contributed by atoms with Crippen LogP contribution in [0.25, 0.3) is 16.9 Å². The third-order valence-corrected chi connectivity index (χ3v) is 4.48. The molecule has 0 aliphatic carbocycles. The van der Waals surface area contributed by atoms with Crippen molar-refractivity contribution in [1.29, 1.82) is 0 Å². The molecule has 1 aliphatic rings. The quantitative estimate of drug-likeness (QED) is 0.722. The zero-order valence-electron chi connectivity index (χ0n) is 13.9. The summed E-state index contributed by atoms with van der Waals surface area (Å²) in [5, 5.41) is 7.98. The Hall–Kier alpha value is -2.83. The molecule has 1 N–H and O–H groups in total. The number of benzene rings is 1. The third kappa shape index (κ3) is 3.05. The summed E-state index contributed by atoms with van der Waals surface area (Å²) in [7, 11) is 0. The summed E-state index contributed by atoms with van der Waals surface area (Å²) in [4.78, 5) is 4.14. The second-order valence-corrected chi connectivity index (χ2v) is 6.26. The van der Waals surface area contributed by atoms with Gasteiger partial charge in [0.15, 0.2) is 0 Å². The predicted molar refractivity (Wildman–Crippen MR) is 93.2 cm³/mol. The van der Waals surface area contributed by atoms with Gasteiger partial charge >= 0.3 is 6.18 Å². The average molecular weight is 358 g/mol. The number of hydrogen-bond acceptors (Lipinski definition) is 3. The zero-order chi connectivity index (χ0) is 18.1. The Morgan fingerprint density at radius 2 is 1.96 bits per heavy atom. The van der Waals surface area contributed by atoms with Gasteiger partial charge in [-0.2, -0.15) is 18.3 Å². The van der Waals surface area contributed by atoms with Gasteiger partial charge in [-0.05, 0) is 49.6 Å². The topological polar surface area (TPSA) is 42.7 Å². The predicted octanol–water partition coefficient (Wildman–Crippen LogP) is 4.70. The fourth-order valence-corrected chi connectivity index (χ4v) is 3.24. The first-order valence-corrected chi connectivity index (χ1v) is 8.48. The van der Waals surface area contributed by atoms with Crippen LogP contribution in [0.1, 0.15) is 24.0 Å². The molecule has 4 rings (SSSR count). The molecule has 3 heterocycles. The van der Waals surface area contributed by atoms with Gasteiger partial charge in [-0.3, -0.25) is 4.98 Å². The van der Waals surface area contributed by atoms with Crippen molar-refractivity contribution < 1.29 is 13.2 Å². The highest BCUT2D eigenvalue weighted by Gasteiger charge is 2.31. The number of pyridine rings is 1. The van der Waals surface area contributed by atoms with E-state index in [1.165, 1.54) is 6.07 Å². The second kappa shape index (κ2) is 6.48. The second-order valence-electron chi connectivity index (χ2n) is 6.26. The van der Waals surface area contributed by atoms with Gasteiger partial charge in [-0.15, -0.1) is 0 Å². The molecule has 4 nitrogen and oxygen atoms in total. The minimum atomic E-state index is -4.39. The zero-order valence-corrected chi connectivity index (χ0v) is 13.9. The molecule has 26 heavy (non-hydrogen) atoms. The van der Waals surface area contributed by atoms with Crippen molar-refractivity contribution in [3.63, 3.8) is 0 Å². The number of hydrogen-bond donors (Lipinski definition) is 1. The van der Waals surface area contributed by atoms with Gasteiger partial charge in [0, 0.05) is 30.1 Å². The van der Waals surface area contributed by atoms with Crippen molar-refractivity contribution >= 4 is 5.82 Å². The molecule has 3 aromatic rings. The maximum atomic E-state index is 13.1. The van der Waals surface area contributed by atoms with Crippen LogP contribution in [0.4, 0.5) is 19.0 Å². The summed E-state index contributed by atoms with van der Waals surface area (Å²) in [6, 6.07) is 8.99. The summed E-state index contributed by atoms with van der Waals surface area (Å²) >= 11 is 0. The number of nitrogens with zero attached hydrogens (tertiary/aromatic N) is 3. The molecule has 0 fully saturated rings. The lowest BCUT2D eigenvalue weighted by Crippen LogP contribution is -2.09. The van der Waals surface area contributed by atoms with Crippen LogP contribution in [-0.2, 0) is 12.6 Å². The fourth-order valence-electron chi connectivity index (χ4n) is 3.24. The number of alkyl halides is 3. The number of rotatable bonds is 2. The van der Waals surface area contributed by atoms with Gasteiger partial charge in [-0.1, -0.05) is 6.07 Å². The van der Waals surface area contributed by atoms with E-state index in [0.717, 1.165) is 60.6 Å². The Bertz CT molecular complexity index is 916. The van der Waals surface area contributed by atoms with Crippen LogP contribution >= 0.6 is 0 Å². The number of aromatic nitrogens is 3. The first kappa shape index (κ1) is 16.6. The van der Waals surface area contributed by atoms with Crippen molar-refractivity contribution in [1.82, 2.24) is 14.8 Å². The molecule has 7 heteroatoms. The molecule has 0 unspecified atom stereocenters. The summed E-state index contributed by atoms with van der Waals surface area (Å²) in [5.74, 6) is 0.765. The van der Waals surface area contributed by atoms with E-state index in [4.69, 9.17) is 0 Å². The molecule has 0 radical (unpaired) electrons. The highest BCUT2D eigenvalue weighted by molar-refractivity contribution is 5.70. The molecule has 0 saturated carbocycles. The first-order valence-electron chi connectivity index (χ1n) is 8.48. The van der Waals surface area contributed by atoms with Gasteiger partial charge in [0.2, 0.25) is 0 Å². The van der Waals surface area contributed by atoms with E-state index in [1.54, 1.807) is 23.1 Å². The SMILES string of the molecule is FC(F)(F)c1cccc(-n2nc(-c3cccnc3)c3c2NCCCC3)c1. The Morgan fingerprint density at radius 1 is 1.08 bits per heavy atom. The van der Waals surface area contributed by atoms with Crippen molar-refractivity contribution in [2.24, 2.45) is 0 Å². The Kier molecular flexibility index (Phi) is 4.14. The summed E-state index contributed by atoms with van der Waals surface area (Å²) in [6.45, 7) is 0.768. The van der Waals surface area contributed by atoms with E-state index in [0.29, 0.717) is 5.69 Å². The van der Waals surface area contributed by atoms with Gasteiger partial charge in [0.1, 0.15) is 5.82 Å². The minimum Gasteiger partial charge on any atom is -0.370 e. The van der Waals surface area contributed by atoms with Crippen molar-refractivity contribution in [3.8, 4) is 16.9 Å². The molecule has 0 amide bonds. The molecule has 2 aromatic heterocycles. The minimum absolute atomic E-state index is 0.389. The van der Waals surface area contributed by atoms with Crippen LogP contribution in [0.15, 0.2) is 48.8 Å². The number of nitrogens with one attached hydrogen (secondary N) is 1. The van der Waals surface area contributed by atoms with Gasteiger partial charge in [0.25, 0.3) is 0 Å². The highest BCUT2D eigenvalue weighted by Crippen LogP contribution is 2.35. The van der Waals surface area contributed by atoms with E-state index >= 15 is 0 Å². The standard InChI is InChI=1S/C19H17F3N4/c20-19(21,22)14-6-3-7-15(11-14)26-18-16(8-1-2-10-24-18)17(25-26)13-5-4-9-23-12-13/h3-7,9,11-12,24H,1-2,8,10H2. The van der Waals surface area contributed by atoms with Crippen LogP contribution in [0.5, 0.6) is 0 Å². The van der Waals surface area contributed by atoms with E-state index in [1.807, 2.05) is 12.1 Å². The monoisotopic (exact) mass is 358 g/mol. The Labute approximate surface area is 148 Å². The Balaban J connectivity index is 1.89. The van der Waals surface area contributed by atoms with Gasteiger partial charge < -0.3 is 5.32 Å². The van der Waals surface area contributed by atoms with Gasteiger partial charge in [0.05, 0.1) is 16.9 Å². The summed E-state index contributed by atoms with van der Waals surface area (Å²) in [5.41, 5.74) is 2.35. The fraction of sp³-hybridized carbons (Fsp3) is 0.263. The summed E-state index contributed by atoms with van der Waals surface area (Å²) < 4.78 is 40.9. The molecule has 1 aliphatic heterocycles. The number of halogens is 3. The van der Waals surface area contributed by atoms with Crippen LogP contribution in [0.2, 0.25) is 0 Å². The van der Waals surface area contributed by atoms with Crippen LogP contribution in [0, 0.1) is 0 Å². The van der Waals surface area contributed by atoms with E-state index in [2.05, 4.69) is 15.4 Å². The molecule has 0 spiro atoms. The normalized spacial score (nSPS) is 14.4. The van der Waals surface area contributed by atoms with Crippen molar-refractivity contribution in [3.05, 3.63) is 59.9 Å². The van der Waals surface area contributed by atoms with E-state index in [9.17, 15) is 13.2 Å². The lowest BCUT2D eigenvalue weighted by atomic mass is 10.1. The lowest BCUT2D eigenvalue weighted by Gasteiger charge is -2.12. The van der Waals surface area contributed by atoms with Gasteiger partial charge in [-0.25, -0.2) is 4.68 Å². The molecule has 0 saturated heterocycles. The smallest absolute Gasteiger partial charge is 0.370 e. The van der Waals surface area contributed by atoms with E-state index < -0.39 is 11.7 Å². The number of anilines is 1. The molecular weight excluding hydrogens is 341 g/mol. The van der Waals surface area contributed by atoms with Crippen LogP contribution < -0.4 is 5.32 Å². The van der Waals surface area contributed by atoms with Crippen molar-refractivity contribution in [2.75, 3.05) is 11.9 Å². The molecule has 134 valence electrons. The van der Waals surface area contributed by atoms with Crippen LogP contribution in [-0.4, -0.2) is 21.3 Å². The Morgan fingerprint density at radius 3 is 2.73 bits per heavy atom. The van der Waals surface area contributed by atoms with Crippen molar-refractivity contribution in [2.45, 2.75) is 25.4 Å². The highest BCUT2D eigenvalue weighted by atomic mass is 19.4. The third-order valence-electron chi connectivity index (χ3n) is 4.48. The van der Waals surface area contributed by atoms with E-state index in [-0.39, 0.29) is 0 Å². The average Bonchev–Trinajstić information content (AvgIpc) is 2.83. The largest absolute Gasteiger partial charge is 0.416 e. The maximum Gasteiger partial charge on any atom is 0.416 e. The summed E-state index contributed by atoms with van der Waals surface area (Å²) in [6.07, 6.45) is 1.85. The molecular formula is C19H17F3N4. The number of fused-ring (bicyclic) bond motifs is 1. The van der Waals surface area contributed by atoms with Crippen LogP contribution in [0.3, 0.4) is 0 Å².